The van der Waals surface area contributed by atoms with Crippen LogP contribution in [0.3, 0.4) is 0 Å². The van der Waals surface area contributed by atoms with E-state index in [1.54, 1.807) is 29.7 Å². The predicted molar refractivity (Wildman–Crippen MR) is 109 cm³/mol. The Morgan fingerprint density at radius 2 is 1.71 bits per heavy atom. The maximum atomic E-state index is 13.0. The molecule has 7 nitrogen and oxygen atoms in total. The molecule has 2 aromatic rings. The van der Waals surface area contributed by atoms with Gasteiger partial charge in [-0.1, -0.05) is 12.1 Å². The van der Waals surface area contributed by atoms with E-state index in [0.717, 1.165) is 12.2 Å². The maximum Gasteiger partial charge on any atom is 0.272 e. The highest BCUT2D eigenvalue weighted by atomic mass is 16.2. The van der Waals surface area contributed by atoms with E-state index in [9.17, 15) is 9.59 Å². The Bertz CT molecular complexity index is 875. The summed E-state index contributed by atoms with van der Waals surface area (Å²) in [7, 11) is 0. The first kappa shape index (κ1) is 19.8. The summed E-state index contributed by atoms with van der Waals surface area (Å²) in [5, 5.41) is 0. The van der Waals surface area contributed by atoms with E-state index < -0.39 is 0 Å². The molecule has 1 aromatic carbocycles. The van der Waals surface area contributed by atoms with E-state index in [-0.39, 0.29) is 11.8 Å². The van der Waals surface area contributed by atoms with Crippen LogP contribution in [0.2, 0.25) is 0 Å². The number of rotatable bonds is 4. The number of amides is 2. The number of carbonyl (C=O) groups excluding carboxylic acids is 2. The van der Waals surface area contributed by atoms with Gasteiger partial charge in [0.15, 0.2) is 0 Å². The van der Waals surface area contributed by atoms with Crippen LogP contribution >= 0.6 is 0 Å². The monoisotopic (exact) mass is 381 g/mol. The first-order valence-corrected chi connectivity index (χ1v) is 9.63. The zero-order valence-corrected chi connectivity index (χ0v) is 17.0. The van der Waals surface area contributed by atoms with Crippen molar-refractivity contribution in [3.8, 4) is 0 Å². The number of carbonyl (C=O) groups is 2. The van der Waals surface area contributed by atoms with E-state index >= 15 is 0 Å². The van der Waals surface area contributed by atoms with Crippen molar-refractivity contribution in [3.05, 3.63) is 47.4 Å². The Hall–Kier alpha value is -2.96. The SMILES string of the molecule is CCN(c1cccc(C)c1)c1cc(C(=O)N2CCN(C(C)=O)CC2)nc(C)n1. The highest BCUT2D eigenvalue weighted by Gasteiger charge is 2.25. The van der Waals surface area contributed by atoms with Crippen molar-refractivity contribution in [1.82, 2.24) is 19.8 Å². The summed E-state index contributed by atoms with van der Waals surface area (Å²) in [6, 6.07) is 9.97. The van der Waals surface area contributed by atoms with Crippen molar-refractivity contribution in [2.75, 3.05) is 37.6 Å². The molecule has 2 heterocycles. The van der Waals surface area contributed by atoms with Crippen molar-refractivity contribution in [3.63, 3.8) is 0 Å². The molecule has 0 spiro atoms. The van der Waals surface area contributed by atoms with Gasteiger partial charge in [-0.3, -0.25) is 9.59 Å². The normalized spacial score (nSPS) is 14.1. The number of aromatic nitrogens is 2. The van der Waals surface area contributed by atoms with Crippen molar-refractivity contribution >= 4 is 23.3 Å². The molecule has 1 aromatic heterocycles. The van der Waals surface area contributed by atoms with Crippen molar-refractivity contribution in [1.29, 1.82) is 0 Å². The zero-order valence-electron chi connectivity index (χ0n) is 17.0. The molecule has 148 valence electrons. The Kier molecular flexibility index (Phi) is 5.92. The number of anilines is 2. The number of piperazine rings is 1. The number of aryl methyl sites for hydroxylation is 2. The second-order valence-corrected chi connectivity index (χ2v) is 7.04. The minimum atomic E-state index is -0.116. The van der Waals surface area contributed by atoms with Crippen LogP contribution < -0.4 is 4.90 Å². The van der Waals surface area contributed by atoms with Crippen LogP contribution in [0.5, 0.6) is 0 Å². The standard InChI is InChI=1S/C21H27N5O2/c1-5-26(18-8-6-7-15(2)13-18)20-14-19(22-16(3)23-20)21(28)25-11-9-24(10-12-25)17(4)27/h6-8,13-14H,5,9-12H2,1-4H3. The van der Waals surface area contributed by atoms with Crippen LogP contribution in [0.15, 0.2) is 30.3 Å². The highest BCUT2D eigenvalue weighted by molar-refractivity contribution is 5.93. The van der Waals surface area contributed by atoms with E-state index in [4.69, 9.17) is 0 Å². The fourth-order valence-corrected chi connectivity index (χ4v) is 3.46. The lowest BCUT2D eigenvalue weighted by Crippen LogP contribution is -2.50. The summed E-state index contributed by atoms with van der Waals surface area (Å²) in [5.41, 5.74) is 2.60. The Balaban J connectivity index is 1.85. The highest BCUT2D eigenvalue weighted by Crippen LogP contribution is 2.25. The Morgan fingerprint density at radius 3 is 2.32 bits per heavy atom. The Morgan fingerprint density at radius 1 is 1.04 bits per heavy atom. The molecule has 0 unspecified atom stereocenters. The molecule has 0 saturated carbocycles. The lowest BCUT2D eigenvalue weighted by atomic mass is 10.2. The van der Waals surface area contributed by atoms with Crippen LogP contribution in [0, 0.1) is 13.8 Å². The van der Waals surface area contributed by atoms with Gasteiger partial charge in [0, 0.05) is 51.4 Å². The zero-order chi connectivity index (χ0) is 20.3. The molecule has 1 saturated heterocycles. The van der Waals surface area contributed by atoms with Gasteiger partial charge in [-0.15, -0.1) is 0 Å². The molecule has 1 fully saturated rings. The van der Waals surface area contributed by atoms with Crippen LogP contribution in [0.1, 0.15) is 35.7 Å². The Labute approximate surface area is 166 Å². The molecular weight excluding hydrogens is 354 g/mol. The third-order valence-corrected chi connectivity index (χ3v) is 4.96. The lowest BCUT2D eigenvalue weighted by Gasteiger charge is -2.34. The minimum absolute atomic E-state index is 0.0454. The third kappa shape index (κ3) is 4.30. The molecule has 1 aliphatic rings. The van der Waals surface area contributed by atoms with Crippen LogP contribution in [-0.4, -0.2) is 64.3 Å². The summed E-state index contributed by atoms with van der Waals surface area (Å²) in [6.07, 6.45) is 0. The smallest absolute Gasteiger partial charge is 0.272 e. The summed E-state index contributed by atoms with van der Waals surface area (Å²) in [4.78, 5) is 39.0. The topological polar surface area (TPSA) is 69.6 Å². The first-order valence-electron chi connectivity index (χ1n) is 9.63. The van der Waals surface area contributed by atoms with Gasteiger partial charge < -0.3 is 14.7 Å². The largest absolute Gasteiger partial charge is 0.339 e. The van der Waals surface area contributed by atoms with Gasteiger partial charge in [-0.05, 0) is 38.5 Å². The lowest BCUT2D eigenvalue weighted by molar-refractivity contribution is -0.130. The number of hydrogen-bond donors (Lipinski definition) is 0. The van der Waals surface area contributed by atoms with E-state index in [1.807, 2.05) is 12.1 Å². The second kappa shape index (κ2) is 8.37. The van der Waals surface area contributed by atoms with Gasteiger partial charge in [-0.25, -0.2) is 9.97 Å². The number of benzene rings is 1. The van der Waals surface area contributed by atoms with Gasteiger partial charge in [0.25, 0.3) is 5.91 Å². The molecule has 0 N–H and O–H groups in total. The molecule has 7 heteroatoms. The molecule has 3 rings (SSSR count). The molecule has 0 aliphatic carbocycles. The molecule has 0 atom stereocenters. The van der Waals surface area contributed by atoms with Crippen molar-refractivity contribution in [2.45, 2.75) is 27.7 Å². The molecule has 1 aliphatic heterocycles. The average molecular weight is 381 g/mol. The summed E-state index contributed by atoms with van der Waals surface area (Å²) >= 11 is 0. The predicted octanol–water partition coefficient (Wildman–Crippen LogP) is 2.56. The molecular formula is C21H27N5O2. The van der Waals surface area contributed by atoms with E-state index in [0.29, 0.717) is 43.5 Å². The average Bonchev–Trinajstić information content (AvgIpc) is 2.68. The summed E-state index contributed by atoms with van der Waals surface area (Å²) in [6.45, 7) is 10.4. The van der Waals surface area contributed by atoms with Crippen LogP contribution in [0.25, 0.3) is 0 Å². The summed E-state index contributed by atoms with van der Waals surface area (Å²) < 4.78 is 0. The summed E-state index contributed by atoms with van der Waals surface area (Å²) in [5.74, 6) is 1.21. The van der Waals surface area contributed by atoms with Crippen molar-refractivity contribution < 1.29 is 9.59 Å². The van der Waals surface area contributed by atoms with Gasteiger partial charge in [-0.2, -0.15) is 0 Å². The minimum Gasteiger partial charge on any atom is -0.339 e. The third-order valence-electron chi connectivity index (χ3n) is 4.96. The molecule has 0 radical (unpaired) electrons. The van der Waals surface area contributed by atoms with E-state index in [1.165, 1.54) is 5.56 Å². The van der Waals surface area contributed by atoms with Gasteiger partial charge in [0.1, 0.15) is 17.3 Å². The van der Waals surface area contributed by atoms with Crippen LogP contribution in [0.4, 0.5) is 11.5 Å². The number of nitrogens with zero attached hydrogens (tertiary/aromatic N) is 5. The molecule has 2 amide bonds. The second-order valence-electron chi connectivity index (χ2n) is 7.04. The fourth-order valence-electron chi connectivity index (χ4n) is 3.46. The van der Waals surface area contributed by atoms with Crippen LogP contribution in [-0.2, 0) is 4.79 Å². The first-order chi connectivity index (χ1) is 13.4. The molecule has 28 heavy (non-hydrogen) atoms. The number of hydrogen-bond acceptors (Lipinski definition) is 5. The van der Waals surface area contributed by atoms with Gasteiger partial charge in [0.05, 0.1) is 0 Å². The van der Waals surface area contributed by atoms with Gasteiger partial charge in [0.2, 0.25) is 5.91 Å². The van der Waals surface area contributed by atoms with Gasteiger partial charge >= 0.3 is 0 Å². The van der Waals surface area contributed by atoms with E-state index in [2.05, 4.69) is 40.8 Å². The fraction of sp³-hybridized carbons (Fsp3) is 0.429. The maximum absolute atomic E-state index is 13.0. The quantitative estimate of drug-likeness (QED) is 0.814. The molecule has 0 bridgehead atoms. The van der Waals surface area contributed by atoms with Crippen molar-refractivity contribution in [2.24, 2.45) is 0 Å².